The molecule has 1 amide bonds. The van der Waals surface area contributed by atoms with Crippen LogP contribution < -0.4 is 5.32 Å². The molecule has 0 spiro atoms. The van der Waals surface area contributed by atoms with E-state index in [9.17, 15) is 14.7 Å². The fourth-order valence-corrected chi connectivity index (χ4v) is 3.15. The molecule has 1 aliphatic carbocycles. The highest BCUT2D eigenvalue weighted by Gasteiger charge is 2.26. The minimum absolute atomic E-state index is 0.0370. The fourth-order valence-electron chi connectivity index (χ4n) is 3.15. The molecule has 9 heteroatoms. The molecule has 1 aliphatic rings. The van der Waals surface area contributed by atoms with Crippen LogP contribution in [0.15, 0.2) is 30.6 Å². The maximum absolute atomic E-state index is 12.6. The molecule has 128 valence electrons. The van der Waals surface area contributed by atoms with Crippen LogP contribution in [0.25, 0.3) is 5.78 Å². The van der Waals surface area contributed by atoms with Crippen molar-refractivity contribution in [3.05, 3.63) is 58.7 Å². The van der Waals surface area contributed by atoms with Crippen LogP contribution in [0.3, 0.4) is 0 Å². The Bertz CT molecular complexity index is 1100. The van der Waals surface area contributed by atoms with Gasteiger partial charge in [-0.05, 0) is 36.1 Å². The van der Waals surface area contributed by atoms with Crippen LogP contribution in [-0.4, -0.2) is 36.6 Å². The third-order valence-electron chi connectivity index (χ3n) is 4.36. The van der Waals surface area contributed by atoms with E-state index in [0.717, 1.165) is 22.1 Å². The largest absolute Gasteiger partial charge is 0.477 e. The molecular weight excluding hydrogens is 336 g/mol. The number of carboxylic acids is 1. The quantitative estimate of drug-likeness (QED) is 0.724. The number of aryl methyl sites for hydroxylation is 1. The Hall–Kier alpha value is -3.80. The van der Waals surface area contributed by atoms with Crippen molar-refractivity contribution < 1.29 is 14.7 Å². The molecule has 9 nitrogen and oxygen atoms in total. The number of rotatable bonds is 3. The second-order valence-corrected chi connectivity index (χ2v) is 5.89. The molecule has 2 aromatic heterocycles. The summed E-state index contributed by atoms with van der Waals surface area (Å²) in [6.07, 6.45) is 2.64. The second-order valence-electron chi connectivity index (χ2n) is 5.89. The van der Waals surface area contributed by atoms with Gasteiger partial charge in [-0.3, -0.25) is 4.79 Å². The number of fused-ring (bicyclic) bond motifs is 2. The molecule has 0 saturated carbocycles. The van der Waals surface area contributed by atoms with Gasteiger partial charge < -0.3 is 10.4 Å². The zero-order valence-electron chi connectivity index (χ0n) is 13.4. The van der Waals surface area contributed by atoms with E-state index in [0.29, 0.717) is 12.0 Å². The summed E-state index contributed by atoms with van der Waals surface area (Å²) in [5.74, 6) is -1.67. The Labute approximate surface area is 146 Å². The van der Waals surface area contributed by atoms with Crippen molar-refractivity contribution in [2.24, 2.45) is 0 Å². The highest BCUT2D eigenvalue weighted by atomic mass is 16.4. The lowest BCUT2D eigenvalue weighted by atomic mass is 10.1. The van der Waals surface area contributed by atoms with E-state index in [1.54, 1.807) is 6.07 Å². The molecule has 1 aromatic carbocycles. The second kappa shape index (κ2) is 5.93. The van der Waals surface area contributed by atoms with Crippen LogP contribution in [0.1, 0.15) is 50.1 Å². The summed E-state index contributed by atoms with van der Waals surface area (Å²) < 4.78 is 1.06. The van der Waals surface area contributed by atoms with Crippen molar-refractivity contribution in [2.45, 2.75) is 18.9 Å². The van der Waals surface area contributed by atoms with E-state index < -0.39 is 11.9 Å². The maximum atomic E-state index is 12.6. The van der Waals surface area contributed by atoms with Gasteiger partial charge in [0.25, 0.3) is 11.7 Å². The van der Waals surface area contributed by atoms with Crippen LogP contribution >= 0.6 is 0 Å². The molecule has 2 N–H and O–H groups in total. The molecule has 3 aromatic rings. The van der Waals surface area contributed by atoms with Crippen molar-refractivity contribution in [1.29, 1.82) is 5.26 Å². The monoisotopic (exact) mass is 348 g/mol. The Balaban J connectivity index is 1.63. The lowest BCUT2D eigenvalue weighted by Gasteiger charge is -2.14. The fraction of sp³-hybridized carbons (Fsp3) is 0.176. The molecule has 26 heavy (non-hydrogen) atoms. The zero-order chi connectivity index (χ0) is 18.3. The number of aromatic carboxylic acids is 1. The molecule has 1 atom stereocenters. The number of hydrogen-bond donors (Lipinski definition) is 2. The minimum Gasteiger partial charge on any atom is -0.477 e. The van der Waals surface area contributed by atoms with Crippen molar-refractivity contribution in [3.63, 3.8) is 0 Å². The number of carbonyl (C=O) groups is 2. The van der Waals surface area contributed by atoms with E-state index in [2.05, 4.69) is 26.5 Å². The van der Waals surface area contributed by atoms with E-state index in [-0.39, 0.29) is 23.2 Å². The molecule has 0 aliphatic heterocycles. The molecule has 4 rings (SSSR count). The number of nitriles is 1. The van der Waals surface area contributed by atoms with Crippen molar-refractivity contribution >= 4 is 17.7 Å². The highest BCUT2D eigenvalue weighted by Crippen LogP contribution is 2.31. The van der Waals surface area contributed by atoms with Crippen LogP contribution in [-0.2, 0) is 6.42 Å². The third-order valence-corrected chi connectivity index (χ3v) is 4.36. The number of carboxylic acid groups (broad SMARTS) is 1. The summed E-state index contributed by atoms with van der Waals surface area (Å²) in [6, 6.07) is 8.44. The van der Waals surface area contributed by atoms with Gasteiger partial charge in [0.2, 0.25) is 0 Å². The number of amides is 1. The maximum Gasteiger partial charge on any atom is 0.354 e. The lowest BCUT2D eigenvalue weighted by Crippen LogP contribution is -2.28. The summed E-state index contributed by atoms with van der Waals surface area (Å²) in [7, 11) is 0. The standard InChI is InChI=1S/C17H12N6O3/c18-7-9-1-3-11-10(5-9)2-4-12(11)21-15(24)13-6-14(16(25)26)23-17(22-13)19-8-20-23/h1,3,5-6,8,12H,2,4H2,(H,21,24)(H,25,26)/t12-/m0/s1. The van der Waals surface area contributed by atoms with Gasteiger partial charge in [-0.25, -0.2) is 9.78 Å². The SMILES string of the molecule is N#Cc1ccc2c(c1)CC[C@@H]2NC(=O)c1cc(C(=O)O)n2ncnc2n1. The summed E-state index contributed by atoms with van der Waals surface area (Å²) in [5.41, 5.74) is 2.34. The lowest BCUT2D eigenvalue weighted by molar-refractivity contribution is 0.0687. The molecule has 2 heterocycles. The van der Waals surface area contributed by atoms with Gasteiger partial charge in [-0.1, -0.05) is 6.07 Å². The molecule has 0 radical (unpaired) electrons. The summed E-state index contributed by atoms with van der Waals surface area (Å²) in [5, 5.41) is 24.9. The van der Waals surface area contributed by atoms with Gasteiger partial charge >= 0.3 is 5.97 Å². The van der Waals surface area contributed by atoms with E-state index in [4.69, 9.17) is 5.26 Å². The van der Waals surface area contributed by atoms with Crippen molar-refractivity contribution in [2.75, 3.05) is 0 Å². The van der Waals surface area contributed by atoms with Crippen LogP contribution in [0.4, 0.5) is 0 Å². The van der Waals surface area contributed by atoms with Gasteiger partial charge in [0.1, 0.15) is 12.0 Å². The number of aromatic nitrogens is 4. The first-order chi connectivity index (χ1) is 12.6. The molecular formula is C17H12N6O3. The first-order valence-corrected chi connectivity index (χ1v) is 7.84. The zero-order valence-corrected chi connectivity index (χ0v) is 13.4. The highest BCUT2D eigenvalue weighted by molar-refractivity contribution is 5.96. The van der Waals surface area contributed by atoms with Crippen LogP contribution in [0.2, 0.25) is 0 Å². The average molecular weight is 348 g/mol. The first-order valence-electron chi connectivity index (χ1n) is 7.84. The van der Waals surface area contributed by atoms with E-state index >= 15 is 0 Å². The normalized spacial score (nSPS) is 15.4. The summed E-state index contributed by atoms with van der Waals surface area (Å²) >= 11 is 0. The van der Waals surface area contributed by atoms with Gasteiger partial charge in [0.05, 0.1) is 17.7 Å². The van der Waals surface area contributed by atoms with Gasteiger partial charge in [0, 0.05) is 6.07 Å². The molecule has 0 unspecified atom stereocenters. The summed E-state index contributed by atoms with van der Waals surface area (Å²) in [4.78, 5) is 31.9. The average Bonchev–Trinajstić information content (AvgIpc) is 3.27. The van der Waals surface area contributed by atoms with E-state index in [1.807, 2.05) is 12.1 Å². The molecule has 0 bridgehead atoms. The first kappa shape index (κ1) is 15.7. The minimum atomic E-state index is -1.23. The Morgan fingerprint density at radius 1 is 1.35 bits per heavy atom. The van der Waals surface area contributed by atoms with Gasteiger partial charge in [-0.15, -0.1) is 0 Å². The Kier molecular flexibility index (Phi) is 3.58. The van der Waals surface area contributed by atoms with Gasteiger partial charge in [0.15, 0.2) is 5.69 Å². The Morgan fingerprint density at radius 2 is 2.19 bits per heavy atom. The molecule has 0 fully saturated rings. The van der Waals surface area contributed by atoms with Crippen molar-refractivity contribution in [3.8, 4) is 6.07 Å². The number of carbonyl (C=O) groups excluding carboxylic acids is 1. The Morgan fingerprint density at radius 3 is 2.96 bits per heavy atom. The van der Waals surface area contributed by atoms with Gasteiger partial charge in [-0.2, -0.15) is 19.9 Å². The predicted octanol–water partition coefficient (Wildman–Crippen LogP) is 1.11. The number of benzene rings is 1. The van der Waals surface area contributed by atoms with E-state index in [1.165, 1.54) is 12.4 Å². The topological polar surface area (TPSA) is 133 Å². The van der Waals surface area contributed by atoms with Crippen LogP contribution in [0.5, 0.6) is 0 Å². The molecule has 0 saturated heterocycles. The number of nitrogens with one attached hydrogen (secondary N) is 1. The third kappa shape index (κ3) is 2.53. The predicted molar refractivity (Wildman–Crippen MR) is 87.4 cm³/mol. The summed E-state index contributed by atoms with van der Waals surface area (Å²) in [6.45, 7) is 0. The number of hydrogen-bond acceptors (Lipinski definition) is 6. The number of nitrogens with zero attached hydrogens (tertiary/aromatic N) is 5. The smallest absolute Gasteiger partial charge is 0.354 e. The van der Waals surface area contributed by atoms with Crippen molar-refractivity contribution in [1.82, 2.24) is 24.9 Å². The van der Waals surface area contributed by atoms with Crippen LogP contribution in [0, 0.1) is 11.3 Å².